The third kappa shape index (κ3) is 3.31. The van der Waals surface area contributed by atoms with E-state index in [-0.39, 0.29) is 11.7 Å². The van der Waals surface area contributed by atoms with Gasteiger partial charge in [0.15, 0.2) is 0 Å². The molecule has 18 heavy (non-hydrogen) atoms. The Kier molecular flexibility index (Phi) is 4.38. The Morgan fingerprint density at radius 3 is 2.94 bits per heavy atom. The Morgan fingerprint density at radius 2 is 2.22 bits per heavy atom. The summed E-state index contributed by atoms with van der Waals surface area (Å²) in [6, 6.07) is 4.62. The SMILES string of the molecule is CC1CCC(=O)N(Cc2ccc(F)cc2Br)CC1. The van der Waals surface area contributed by atoms with Crippen LogP contribution in [0.1, 0.15) is 31.7 Å². The monoisotopic (exact) mass is 313 g/mol. The lowest BCUT2D eigenvalue weighted by Gasteiger charge is -2.21. The van der Waals surface area contributed by atoms with Crippen LogP contribution in [0.15, 0.2) is 22.7 Å². The van der Waals surface area contributed by atoms with E-state index in [0.29, 0.717) is 18.9 Å². The van der Waals surface area contributed by atoms with Crippen LogP contribution in [0.2, 0.25) is 0 Å². The molecular formula is C14H17BrFNO. The van der Waals surface area contributed by atoms with Gasteiger partial charge in [-0.1, -0.05) is 28.9 Å². The van der Waals surface area contributed by atoms with E-state index in [2.05, 4.69) is 22.9 Å². The highest BCUT2D eigenvalue weighted by Crippen LogP contribution is 2.23. The summed E-state index contributed by atoms with van der Waals surface area (Å²) in [7, 11) is 0. The number of amides is 1. The Morgan fingerprint density at radius 1 is 1.44 bits per heavy atom. The first kappa shape index (κ1) is 13.5. The zero-order valence-electron chi connectivity index (χ0n) is 10.5. The highest BCUT2D eigenvalue weighted by atomic mass is 79.9. The summed E-state index contributed by atoms with van der Waals surface area (Å²) in [6.07, 6.45) is 2.64. The molecule has 4 heteroatoms. The minimum atomic E-state index is -0.263. The summed E-state index contributed by atoms with van der Waals surface area (Å²) in [6.45, 7) is 3.54. The van der Waals surface area contributed by atoms with Crippen molar-refractivity contribution in [2.75, 3.05) is 6.54 Å². The largest absolute Gasteiger partial charge is 0.338 e. The van der Waals surface area contributed by atoms with E-state index in [1.165, 1.54) is 12.1 Å². The van der Waals surface area contributed by atoms with Crippen molar-refractivity contribution >= 4 is 21.8 Å². The molecule has 1 aliphatic heterocycles. The average Bonchev–Trinajstić information content (AvgIpc) is 2.47. The second-order valence-corrected chi connectivity index (χ2v) is 5.84. The van der Waals surface area contributed by atoms with Crippen LogP contribution in [0.5, 0.6) is 0 Å². The number of halogens is 2. The van der Waals surface area contributed by atoms with Crippen LogP contribution >= 0.6 is 15.9 Å². The molecule has 1 heterocycles. The van der Waals surface area contributed by atoms with Crippen molar-refractivity contribution in [1.82, 2.24) is 4.90 Å². The lowest BCUT2D eigenvalue weighted by Crippen LogP contribution is -2.29. The molecule has 1 fully saturated rings. The molecule has 1 atom stereocenters. The van der Waals surface area contributed by atoms with Crippen LogP contribution in [0, 0.1) is 11.7 Å². The average molecular weight is 314 g/mol. The van der Waals surface area contributed by atoms with Crippen LogP contribution in [0.3, 0.4) is 0 Å². The minimum absolute atomic E-state index is 0.204. The maximum absolute atomic E-state index is 13.0. The molecule has 0 spiro atoms. The van der Waals surface area contributed by atoms with Gasteiger partial charge in [0.1, 0.15) is 5.82 Å². The second kappa shape index (κ2) is 5.83. The Balaban J connectivity index is 2.09. The van der Waals surface area contributed by atoms with Crippen LogP contribution in [-0.4, -0.2) is 17.4 Å². The molecule has 0 aliphatic carbocycles. The summed E-state index contributed by atoms with van der Waals surface area (Å²) in [5.74, 6) is 0.549. The van der Waals surface area contributed by atoms with E-state index in [1.54, 1.807) is 6.07 Å². The van der Waals surface area contributed by atoms with Crippen molar-refractivity contribution in [3.05, 3.63) is 34.1 Å². The first-order valence-electron chi connectivity index (χ1n) is 6.28. The van der Waals surface area contributed by atoms with Crippen LogP contribution in [0.4, 0.5) is 4.39 Å². The number of rotatable bonds is 2. The summed E-state index contributed by atoms with van der Waals surface area (Å²) >= 11 is 3.35. The minimum Gasteiger partial charge on any atom is -0.338 e. The first-order valence-corrected chi connectivity index (χ1v) is 7.07. The van der Waals surface area contributed by atoms with E-state index in [1.807, 2.05) is 4.90 Å². The third-order valence-corrected chi connectivity index (χ3v) is 4.21. The zero-order chi connectivity index (χ0) is 13.1. The lowest BCUT2D eigenvalue weighted by molar-refractivity contribution is -0.131. The van der Waals surface area contributed by atoms with Gasteiger partial charge < -0.3 is 4.90 Å². The molecule has 2 nitrogen and oxygen atoms in total. The van der Waals surface area contributed by atoms with E-state index >= 15 is 0 Å². The molecule has 0 aromatic heterocycles. The summed E-state index contributed by atoms with van der Waals surface area (Å²) in [5, 5.41) is 0. The van der Waals surface area contributed by atoms with Gasteiger partial charge in [-0.2, -0.15) is 0 Å². The van der Waals surface area contributed by atoms with Gasteiger partial charge in [0.25, 0.3) is 0 Å². The predicted octanol–water partition coefficient (Wildman–Crippen LogP) is 3.74. The number of carbonyl (C=O) groups excluding carboxylic acids is 1. The van der Waals surface area contributed by atoms with E-state index < -0.39 is 0 Å². The van der Waals surface area contributed by atoms with Crippen molar-refractivity contribution in [2.45, 2.75) is 32.7 Å². The van der Waals surface area contributed by atoms with Crippen molar-refractivity contribution < 1.29 is 9.18 Å². The van der Waals surface area contributed by atoms with Gasteiger partial charge in [-0.05, 0) is 36.5 Å². The maximum atomic E-state index is 13.0. The van der Waals surface area contributed by atoms with Gasteiger partial charge in [0.05, 0.1) is 0 Å². The van der Waals surface area contributed by atoms with Crippen LogP contribution in [0.25, 0.3) is 0 Å². The maximum Gasteiger partial charge on any atom is 0.222 e. The number of benzene rings is 1. The van der Waals surface area contributed by atoms with Gasteiger partial charge in [-0.3, -0.25) is 4.79 Å². The van der Waals surface area contributed by atoms with Gasteiger partial charge in [0, 0.05) is 24.0 Å². The highest BCUT2D eigenvalue weighted by Gasteiger charge is 2.20. The molecule has 1 saturated heterocycles. The van der Waals surface area contributed by atoms with Crippen LogP contribution in [-0.2, 0) is 11.3 Å². The third-order valence-electron chi connectivity index (χ3n) is 3.47. The summed E-state index contributed by atoms with van der Waals surface area (Å²) in [4.78, 5) is 13.9. The highest BCUT2D eigenvalue weighted by molar-refractivity contribution is 9.10. The molecule has 1 aromatic rings. The predicted molar refractivity (Wildman–Crippen MR) is 72.5 cm³/mol. The van der Waals surface area contributed by atoms with Crippen molar-refractivity contribution in [3.63, 3.8) is 0 Å². The summed E-state index contributed by atoms with van der Waals surface area (Å²) in [5.41, 5.74) is 0.958. The lowest BCUT2D eigenvalue weighted by atomic mass is 10.0. The fourth-order valence-corrected chi connectivity index (χ4v) is 2.67. The fraction of sp³-hybridized carbons (Fsp3) is 0.500. The quantitative estimate of drug-likeness (QED) is 0.814. The molecule has 1 unspecified atom stereocenters. The summed E-state index contributed by atoms with van der Waals surface area (Å²) < 4.78 is 13.7. The molecule has 0 bridgehead atoms. The Hall–Kier alpha value is -0.900. The smallest absolute Gasteiger partial charge is 0.222 e. The zero-order valence-corrected chi connectivity index (χ0v) is 12.0. The number of hydrogen-bond donors (Lipinski definition) is 0. The molecule has 0 saturated carbocycles. The van der Waals surface area contributed by atoms with Crippen molar-refractivity contribution in [3.8, 4) is 0 Å². The molecular weight excluding hydrogens is 297 g/mol. The molecule has 98 valence electrons. The normalized spacial score (nSPS) is 20.9. The fourth-order valence-electron chi connectivity index (χ4n) is 2.20. The second-order valence-electron chi connectivity index (χ2n) is 4.98. The van der Waals surface area contributed by atoms with Gasteiger partial charge in [-0.25, -0.2) is 4.39 Å². The van der Waals surface area contributed by atoms with Gasteiger partial charge in [-0.15, -0.1) is 0 Å². The first-order chi connectivity index (χ1) is 8.56. The molecule has 0 radical (unpaired) electrons. The molecule has 0 N–H and O–H groups in total. The van der Waals surface area contributed by atoms with E-state index in [0.717, 1.165) is 29.4 Å². The number of hydrogen-bond acceptors (Lipinski definition) is 1. The standard InChI is InChI=1S/C14H17BrFNO/c1-10-2-5-14(18)17(7-6-10)9-11-3-4-12(16)8-13(11)15/h3-4,8,10H,2,5-7,9H2,1H3. The van der Waals surface area contributed by atoms with Gasteiger partial charge in [0.2, 0.25) is 5.91 Å². The van der Waals surface area contributed by atoms with Crippen molar-refractivity contribution in [1.29, 1.82) is 0 Å². The molecule has 1 aromatic carbocycles. The van der Waals surface area contributed by atoms with E-state index in [4.69, 9.17) is 0 Å². The number of nitrogens with zero attached hydrogens (tertiary/aromatic N) is 1. The van der Waals surface area contributed by atoms with Gasteiger partial charge >= 0.3 is 0 Å². The number of likely N-dealkylation sites (tertiary alicyclic amines) is 1. The molecule has 1 aliphatic rings. The van der Waals surface area contributed by atoms with E-state index in [9.17, 15) is 9.18 Å². The van der Waals surface area contributed by atoms with Crippen molar-refractivity contribution in [2.24, 2.45) is 5.92 Å². The molecule has 1 amide bonds. The van der Waals surface area contributed by atoms with Crippen LogP contribution < -0.4 is 0 Å². The molecule has 2 rings (SSSR count). The number of carbonyl (C=O) groups is 1. The Labute approximate surface area is 115 Å². The Bertz CT molecular complexity index is 449. The topological polar surface area (TPSA) is 20.3 Å².